The highest BCUT2D eigenvalue weighted by atomic mass is 16.6. The number of carbonyl (C=O) groups excluding carboxylic acids is 5. The third-order valence-electron chi connectivity index (χ3n) is 8.26. The lowest BCUT2D eigenvalue weighted by atomic mass is 9.91. The van der Waals surface area contributed by atoms with Gasteiger partial charge in [-0.1, -0.05) is 65.0 Å². The van der Waals surface area contributed by atoms with E-state index in [4.69, 9.17) is 9.47 Å². The molecule has 1 aromatic rings. The van der Waals surface area contributed by atoms with Crippen molar-refractivity contribution in [1.82, 2.24) is 26.6 Å². The van der Waals surface area contributed by atoms with Gasteiger partial charge in [-0.15, -0.1) is 0 Å². The molecule has 49 heavy (non-hydrogen) atoms. The first-order chi connectivity index (χ1) is 22.9. The van der Waals surface area contributed by atoms with Crippen LogP contribution in [0, 0.1) is 23.7 Å². The molecular weight excluding hydrogens is 630 g/mol. The summed E-state index contributed by atoms with van der Waals surface area (Å²) in [7, 11) is 0. The predicted octanol–water partition coefficient (Wildman–Crippen LogP) is 2.80. The summed E-state index contributed by atoms with van der Waals surface area (Å²) >= 11 is 0. The smallest absolute Gasteiger partial charge is 0.408 e. The van der Waals surface area contributed by atoms with Gasteiger partial charge in [0.05, 0.1) is 18.8 Å². The van der Waals surface area contributed by atoms with Crippen molar-refractivity contribution in [2.24, 2.45) is 23.7 Å². The quantitative estimate of drug-likeness (QED) is 0.144. The molecule has 1 saturated heterocycles. The van der Waals surface area contributed by atoms with E-state index in [2.05, 4.69) is 26.6 Å². The molecule has 1 aliphatic heterocycles. The summed E-state index contributed by atoms with van der Waals surface area (Å²) in [5.41, 5.74) is 0.175. The van der Waals surface area contributed by atoms with E-state index in [1.54, 1.807) is 48.5 Å². The van der Waals surface area contributed by atoms with Gasteiger partial charge in [0.1, 0.15) is 23.7 Å². The van der Waals surface area contributed by atoms with Crippen LogP contribution in [-0.2, 0) is 35.2 Å². The van der Waals surface area contributed by atoms with Crippen LogP contribution in [0.25, 0.3) is 0 Å². The van der Waals surface area contributed by atoms with Crippen molar-refractivity contribution in [3.63, 3.8) is 0 Å². The normalized spacial score (nSPS) is 18.4. The number of aliphatic hydroxyl groups is 1. The number of nitrogens with one attached hydrogen (secondary N) is 5. The number of rotatable bonds is 17. The minimum Gasteiger partial charge on any atom is -0.444 e. The first-order valence-electron chi connectivity index (χ1n) is 17.4. The van der Waals surface area contributed by atoms with Crippen LogP contribution in [0.5, 0.6) is 0 Å². The van der Waals surface area contributed by atoms with Crippen molar-refractivity contribution in [2.45, 2.75) is 124 Å². The molecule has 1 aromatic carbocycles. The first kappa shape index (κ1) is 41.5. The van der Waals surface area contributed by atoms with Gasteiger partial charge in [0, 0.05) is 25.0 Å². The zero-order valence-corrected chi connectivity index (χ0v) is 30.6. The summed E-state index contributed by atoms with van der Waals surface area (Å²) in [5, 5.41) is 25.2. The Hall–Kier alpha value is -3.71. The molecule has 1 fully saturated rings. The number of hydrogen-bond acceptors (Lipinski definition) is 8. The fourth-order valence-electron chi connectivity index (χ4n) is 5.51. The zero-order chi connectivity index (χ0) is 36.9. The van der Waals surface area contributed by atoms with E-state index in [0.29, 0.717) is 26.0 Å². The van der Waals surface area contributed by atoms with Gasteiger partial charge in [0.15, 0.2) is 0 Å². The van der Waals surface area contributed by atoms with E-state index in [-0.39, 0.29) is 36.7 Å². The standard InChI is InChI=1S/C36H59N5O8/c1-21(2)17-27(28(42)18-23(5)31(43)38-24(6)32(44)37-19-25-13-11-10-12-14-25)39-34(46)30(26-15-16-48-20-26)40-33(45)29(22(3)4)41-35(47)49-36(7,8)9/h10-14,21-24,26-30,42H,15-20H2,1-9H3,(H,37,44)(H,38,43)(H,39,46)(H,40,45)(H,41,47)/t23-,24+,26-,27+,28+,29+,30?/m1/s1. The molecule has 1 aliphatic rings. The molecule has 13 nitrogen and oxygen atoms in total. The summed E-state index contributed by atoms with van der Waals surface area (Å²) < 4.78 is 10.9. The maximum Gasteiger partial charge on any atom is 0.408 e. The van der Waals surface area contributed by atoms with Gasteiger partial charge in [-0.25, -0.2) is 4.79 Å². The average Bonchev–Trinajstić information content (AvgIpc) is 3.54. The van der Waals surface area contributed by atoms with Gasteiger partial charge in [-0.3, -0.25) is 19.2 Å². The van der Waals surface area contributed by atoms with Crippen molar-refractivity contribution >= 4 is 29.7 Å². The summed E-state index contributed by atoms with van der Waals surface area (Å²) in [5.74, 6) is -2.98. The van der Waals surface area contributed by atoms with E-state index < -0.39 is 65.6 Å². The number of amides is 5. The van der Waals surface area contributed by atoms with Crippen LogP contribution >= 0.6 is 0 Å². The SMILES string of the molecule is CC(C)C[C@H](NC(=O)C(NC(=O)[C@@H](NC(=O)OC(C)(C)C)C(C)C)[C@@H]1CCOC1)[C@@H](O)C[C@@H](C)C(=O)N[C@@H](C)C(=O)NCc1ccccc1. The van der Waals surface area contributed by atoms with Crippen LogP contribution < -0.4 is 26.6 Å². The average molecular weight is 690 g/mol. The first-order valence-corrected chi connectivity index (χ1v) is 17.4. The minimum absolute atomic E-state index is 0.0284. The highest BCUT2D eigenvalue weighted by Crippen LogP contribution is 2.21. The lowest BCUT2D eigenvalue weighted by molar-refractivity contribution is -0.133. The summed E-state index contributed by atoms with van der Waals surface area (Å²) in [4.78, 5) is 65.5. The van der Waals surface area contributed by atoms with E-state index in [0.717, 1.165) is 5.56 Å². The maximum absolute atomic E-state index is 13.8. The number of hydrogen-bond donors (Lipinski definition) is 6. The lowest BCUT2D eigenvalue weighted by Gasteiger charge is -2.32. The molecule has 6 N–H and O–H groups in total. The number of alkyl carbamates (subject to hydrolysis) is 1. The number of ether oxygens (including phenoxy) is 2. The molecule has 0 spiro atoms. The Morgan fingerprint density at radius 3 is 2.06 bits per heavy atom. The molecule has 7 atom stereocenters. The fourth-order valence-corrected chi connectivity index (χ4v) is 5.51. The van der Waals surface area contributed by atoms with E-state index in [1.165, 1.54) is 0 Å². The van der Waals surface area contributed by atoms with Crippen molar-refractivity contribution < 1.29 is 38.6 Å². The molecule has 5 amide bonds. The largest absolute Gasteiger partial charge is 0.444 e. The van der Waals surface area contributed by atoms with Crippen LogP contribution in [0.15, 0.2) is 30.3 Å². The third kappa shape index (κ3) is 14.7. The van der Waals surface area contributed by atoms with Gasteiger partial charge in [-0.2, -0.15) is 0 Å². The highest BCUT2D eigenvalue weighted by molar-refractivity contribution is 5.92. The predicted molar refractivity (Wildman–Crippen MR) is 186 cm³/mol. The van der Waals surface area contributed by atoms with Crippen molar-refractivity contribution in [3.05, 3.63) is 35.9 Å². The molecule has 0 aliphatic carbocycles. The Kier molecular flexibility index (Phi) is 16.5. The van der Waals surface area contributed by atoms with Crippen molar-refractivity contribution in [1.29, 1.82) is 0 Å². The minimum atomic E-state index is -1.09. The van der Waals surface area contributed by atoms with Crippen LogP contribution in [0.4, 0.5) is 4.79 Å². The second-order valence-corrected chi connectivity index (χ2v) is 14.9. The molecular formula is C36H59N5O8. The third-order valence-corrected chi connectivity index (χ3v) is 8.26. The van der Waals surface area contributed by atoms with E-state index in [1.807, 2.05) is 44.2 Å². The van der Waals surface area contributed by atoms with Crippen LogP contribution in [0.2, 0.25) is 0 Å². The highest BCUT2D eigenvalue weighted by Gasteiger charge is 2.38. The maximum atomic E-state index is 13.8. The van der Waals surface area contributed by atoms with Crippen molar-refractivity contribution in [2.75, 3.05) is 13.2 Å². The molecule has 0 saturated carbocycles. The number of aliphatic hydroxyl groups excluding tert-OH is 1. The molecule has 13 heteroatoms. The Morgan fingerprint density at radius 2 is 1.51 bits per heavy atom. The molecule has 1 heterocycles. The van der Waals surface area contributed by atoms with Gasteiger partial charge >= 0.3 is 6.09 Å². The van der Waals surface area contributed by atoms with Gasteiger partial charge in [0.25, 0.3) is 0 Å². The second-order valence-electron chi connectivity index (χ2n) is 14.9. The zero-order valence-electron chi connectivity index (χ0n) is 30.6. The Bertz CT molecular complexity index is 1230. The number of carbonyl (C=O) groups is 5. The lowest BCUT2D eigenvalue weighted by Crippen LogP contribution is -2.59. The monoisotopic (exact) mass is 689 g/mol. The van der Waals surface area contributed by atoms with Gasteiger partial charge in [0.2, 0.25) is 23.6 Å². The Morgan fingerprint density at radius 1 is 0.857 bits per heavy atom. The van der Waals surface area contributed by atoms with Crippen LogP contribution in [0.3, 0.4) is 0 Å². The Labute approximate surface area is 291 Å². The summed E-state index contributed by atoms with van der Waals surface area (Å²) in [6, 6.07) is 5.95. The van der Waals surface area contributed by atoms with Gasteiger partial charge < -0.3 is 41.2 Å². The molecule has 1 unspecified atom stereocenters. The molecule has 2 rings (SSSR count). The molecule has 276 valence electrons. The van der Waals surface area contributed by atoms with E-state index >= 15 is 0 Å². The van der Waals surface area contributed by atoms with Crippen molar-refractivity contribution in [3.8, 4) is 0 Å². The Balaban J connectivity index is 2.08. The molecule has 0 radical (unpaired) electrons. The second kappa shape index (κ2) is 19.5. The summed E-state index contributed by atoms with van der Waals surface area (Å²) in [6.45, 7) is 16.9. The molecule has 0 bridgehead atoms. The van der Waals surface area contributed by atoms with Crippen LogP contribution in [0.1, 0.15) is 87.1 Å². The number of benzene rings is 1. The summed E-state index contributed by atoms with van der Waals surface area (Å²) in [6.07, 6.45) is -0.859. The van der Waals surface area contributed by atoms with E-state index in [9.17, 15) is 29.1 Å². The topological polar surface area (TPSA) is 184 Å². The fraction of sp³-hybridized carbons (Fsp3) is 0.694. The van der Waals surface area contributed by atoms with Gasteiger partial charge in [-0.05, 0) is 64.4 Å². The van der Waals surface area contributed by atoms with Crippen LogP contribution in [-0.4, -0.2) is 83.9 Å². The molecule has 0 aromatic heterocycles.